The molecule has 2 aliphatic rings. The molecule has 0 spiro atoms. The first-order valence-corrected chi connectivity index (χ1v) is 26.7. The summed E-state index contributed by atoms with van der Waals surface area (Å²) in [5, 5.41) is 11.6. The summed E-state index contributed by atoms with van der Waals surface area (Å²) in [6.07, 6.45) is 1.88. The minimum Gasteiger partial charge on any atom is -0.508 e. The maximum absolute atomic E-state index is 13.5. The minimum atomic E-state index is -0.240. The van der Waals surface area contributed by atoms with Crippen LogP contribution in [0, 0.1) is 39.5 Å². The zero-order valence-electron chi connectivity index (χ0n) is 41.7. The normalized spacial score (nSPS) is 15.7. The van der Waals surface area contributed by atoms with Gasteiger partial charge in [0, 0.05) is 69.3 Å². The molecule has 0 aliphatic carbocycles. The van der Waals surface area contributed by atoms with Crippen molar-refractivity contribution in [3.63, 3.8) is 0 Å². The number of halogens is 3. The van der Waals surface area contributed by atoms with E-state index in [9.17, 15) is 18.4 Å². The Labute approximate surface area is 439 Å². The van der Waals surface area contributed by atoms with Crippen molar-refractivity contribution < 1.29 is 37.7 Å². The third kappa shape index (κ3) is 13.7. The second kappa shape index (κ2) is 25.2. The zero-order valence-corrected chi connectivity index (χ0v) is 44.1. The van der Waals surface area contributed by atoms with E-state index in [2.05, 4.69) is 21.9 Å². The van der Waals surface area contributed by atoms with Crippen LogP contribution in [0.25, 0.3) is 20.2 Å². The molecule has 2 aliphatic heterocycles. The average molecular weight is 1040 g/mol. The van der Waals surface area contributed by atoms with Crippen LogP contribution in [-0.2, 0) is 0 Å². The number of hydrogen-bond donors (Lipinski definition) is 1. The summed E-state index contributed by atoms with van der Waals surface area (Å²) < 4.78 is 45.1. The highest BCUT2D eigenvalue weighted by atomic mass is 35.5. The number of nitrogens with zero attached hydrogens (tertiary/aromatic N) is 2. The Morgan fingerprint density at radius 3 is 1.56 bits per heavy atom. The number of ketones is 2. The lowest BCUT2D eigenvalue weighted by Gasteiger charge is -2.16. The number of fused-ring (bicyclic) bond motifs is 2. The first-order chi connectivity index (χ1) is 35.4. The van der Waals surface area contributed by atoms with Gasteiger partial charge in [0.25, 0.3) is 0 Å². The number of hydrogen-bond acceptors (Lipinski definition) is 10. The number of alkyl halides is 2. The van der Waals surface area contributed by atoms with Crippen molar-refractivity contribution in [2.75, 3.05) is 65.8 Å². The van der Waals surface area contributed by atoms with Crippen molar-refractivity contribution in [1.82, 2.24) is 9.80 Å². The molecular weight excluding hydrogens is 982 g/mol. The molecule has 0 bridgehead atoms. The van der Waals surface area contributed by atoms with E-state index in [1.54, 1.807) is 24.3 Å². The van der Waals surface area contributed by atoms with Crippen molar-refractivity contribution in [2.45, 2.75) is 40.5 Å². The third-order valence-corrected chi connectivity index (χ3v) is 16.0. The average Bonchev–Trinajstić information content (AvgIpc) is 4.21. The number of aryl methyl sites for hydroxylation is 4. The quantitative estimate of drug-likeness (QED) is 0.0958. The molecule has 2 aromatic heterocycles. The summed E-state index contributed by atoms with van der Waals surface area (Å²) in [6, 6.07) is 41.6. The lowest BCUT2D eigenvalue weighted by atomic mass is 10.0. The Hall–Kier alpha value is -6.15. The van der Waals surface area contributed by atoms with Crippen LogP contribution < -0.4 is 14.2 Å². The molecular formula is C60H61ClF2N2O6S2. The number of ether oxygens (including phenoxy) is 3. The van der Waals surface area contributed by atoms with Gasteiger partial charge in [-0.15, -0.1) is 22.7 Å². The molecule has 2 atom stereocenters. The molecule has 0 radical (unpaired) electrons. The molecule has 8 nitrogen and oxygen atoms in total. The van der Waals surface area contributed by atoms with Crippen LogP contribution in [0.4, 0.5) is 8.78 Å². The maximum atomic E-state index is 13.5. The summed E-state index contributed by atoms with van der Waals surface area (Å²) >= 11 is 9.33. The van der Waals surface area contributed by atoms with Gasteiger partial charge in [-0.3, -0.25) is 28.2 Å². The number of phenolic OH excluding ortho intramolecular Hbond substituents is 1. The van der Waals surface area contributed by atoms with Crippen LogP contribution in [-0.4, -0.2) is 92.3 Å². The van der Waals surface area contributed by atoms with Crippen LogP contribution in [0.2, 0.25) is 5.02 Å². The highest BCUT2D eigenvalue weighted by Crippen LogP contribution is 2.43. The summed E-state index contributed by atoms with van der Waals surface area (Å²) in [4.78, 5) is 31.9. The summed E-state index contributed by atoms with van der Waals surface area (Å²) in [7, 11) is 0. The van der Waals surface area contributed by atoms with Gasteiger partial charge in [0.1, 0.15) is 41.1 Å². The molecule has 10 rings (SSSR count). The van der Waals surface area contributed by atoms with Gasteiger partial charge >= 0.3 is 0 Å². The summed E-state index contributed by atoms with van der Waals surface area (Å²) in [5.41, 5.74) is 5.63. The van der Waals surface area contributed by atoms with Gasteiger partial charge in [0.2, 0.25) is 11.6 Å². The van der Waals surface area contributed by atoms with Crippen LogP contribution >= 0.6 is 34.3 Å². The van der Waals surface area contributed by atoms with E-state index in [-0.39, 0.29) is 42.5 Å². The second-order valence-corrected chi connectivity index (χ2v) is 21.3. The van der Waals surface area contributed by atoms with Crippen LogP contribution in [0.1, 0.15) is 65.6 Å². The highest BCUT2D eigenvalue weighted by Gasteiger charge is 2.25. The Kier molecular flexibility index (Phi) is 18.3. The number of aromatic hydroxyl groups is 1. The van der Waals surface area contributed by atoms with Crippen molar-refractivity contribution in [3.8, 4) is 28.7 Å². The number of phenols is 1. The van der Waals surface area contributed by atoms with E-state index >= 15 is 0 Å². The predicted molar refractivity (Wildman–Crippen MR) is 294 cm³/mol. The third-order valence-electron chi connectivity index (χ3n) is 13.2. The first-order valence-electron chi connectivity index (χ1n) is 24.7. The molecule has 13 heteroatoms. The fourth-order valence-electron chi connectivity index (χ4n) is 8.98. The van der Waals surface area contributed by atoms with Crippen molar-refractivity contribution in [1.29, 1.82) is 0 Å². The molecule has 8 aromatic rings. The Morgan fingerprint density at radius 1 is 0.603 bits per heavy atom. The molecule has 6 aromatic carbocycles. The number of carbonyl (C=O) groups is 2. The van der Waals surface area contributed by atoms with Gasteiger partial charge in [0.15, 0.2) is 5.75 Å². The van der Waals surface area contributed by atoms with Gasteiger partial charge < -0.3 is 19.3 Å². The van der Waals surface area contributed by atoms with E-state index in [1.807, 2.05) is 125 Å². The Balaban J connectivity index is 0.000000162. The number of carbonyl (C=O) groups excluding carboxylic acids is 2. The fourth-order valence-corrected chi connectivity index (χ4v) is 11.7. The largest absolute Gasteiger partial charge is 0.508 e. The summed E-state index contributed by atoms with van der Waals surface area (Å²) in [6.45, 7) is 13.9. The zero-order chi connectivity index (χ0) is 51.4. The lowest BCUT2D eigenvalue weighted by Crippen LogP contribution is -2.26. The van der Waals surface area contributed by atoms with Gasteiger partial charge in [-0.1, -0.05) is 78.3 Å². The lowest BCUT2D eigenvalue weighted by molar-refractivity contribution is 0.103. The molecule has 1 N–H and O–H groups in total. The molecule has 380 valence electrons. The number of benzene rings is 6. The van der Waals surface area contributed by atoms with E-state index in [0.29, 0.717) is 45.1 Å². The predicted octanol–water partition coefficient (Wildman–Crippen LogP) is 14.7. The van der Waals surface area contributed by atoms with E-state index < -0.39 is 0 Å². The van der Waals surface area contributed by atoms with Gasteiger partial charge in [-0.05, 0) is 143 Å². The number of rotatable bonds is 16. The topological polar surface area (TPSA) is 88.5 Å². The fraction of sp³-hybridized carbons (Fsp3) is 0.300. The highest BCUT2D eigenvalue weighted by molar-refractivity contribution is 7.22. The van der Waals surface area contributed by atoms with Crippen LogP contribution in [0.15, 0.2) is 133 Å². The standard InChI is InChI=1S/C30H30FNO3S.C17H13ClOS.C13H18FNO2/c1-20-7-12-26-27(17-20)36-30(28(33)25-6-4-3-5-21(25)2)29(26)35-24-10-8-23(9-11-24)34-16-15-32-14-13-22(18-31)19-32;1-10-7-8-13-14(9-10)20-17(15(13)18)16(19)12-6-4-3-5-11(12)2;14-9-11-5-6-15(10-11)7-8-17-13-3-1-12(16)2-4-13/h3-12,17,22H,13-16,18-19H2,1-2H3;3-9H,1-2H3;1-4,11,16H,5-10H2/t22-;;11-/m0.0/s1. The monoisotopic (exact) mass is 1040 g/mol. The van der Waals surface area contributed by atoms with Gasteiger partial charge in [-0.2, -0.15) is 0 Å². The maximum Gasteiger partial charge on any atom is 0.207 e. The van der Waals surface area contributed by atoms with Crippen LogP contribution in [0.3, 0.4) is 0 Å². The van der Waals surface area contributed by atoms with Gasteiger partial charge in [0.05, 0.1) is 23.2 Å². The molecule has 2 fully saturated rings. The summed E-state index contributed by atoms with van der Waals surface area (Å²) in [5.74, 6) is 3.34. The minimum absolute atomic E-state index is 0.00644. The van der Waals surface area contributed by atoms with Crippen molar-refractivity contribution in [3.05, 3.63) is 182 Å². The SMILES string of the molecule is Cc1ccc2c(Cl)c(C(=O)c3ccccc3C)sc2c1.Cc1ccc2c(Oc3ccc(OCCN4CC[C@@H](CF)C4)cc3)c(C(=O)c3ccccc3C)sc2c1.Oc1ccc(OCCN2CC[C@@H](CF)C2)cc1. The van der Waals surface area contributed by atoms with Crippen molar-refractivity contribution in [2.24, 2.45) is 11.8 Å². The molecule has 0 unspecified atom stereocenters. The van der Waals surface area contributed by atoms with Crippen molar-refractivity contribution >= 4 is 66.0 Å². The number of thiophene rings is 2. The molecule has 2 saturated heterocycles. The molecule has 73 heavy (non-hydrogen) atoms. The van der Waals surface area contributed by atoms with E-state index in [4.69, 9.17) is 30.9 Å². The van der Waals surface area contributed by atoms with Crippen LogP contribution in [0.5, 0.6) is 28.7 Å². The smallest absolute Gasteiger partial charge is 0.207 e. The number of likely N-dealkylation sites (tertiary alicyclic amines) is 2. The first kappa shape index (κ1) is 53.2. The Bertz CT molecular complexity index is 3140. The Morgan fingerprint density at radius 2 is 1.05 bits per heavy atom. The van der Waals surface area contributed by atoms with E-state index in [1.165, 1.54) is 28.2 Å². The molecule has 0 amide bonds. The second-order valence-electron chi connectivity index (χ2n) is 18.8. The molecule has 4 heterocycles. The van der Waals surface area contributed by atoms with E-state index in [0.717, 1.165) is 106 Å². The molecule has 0 saturated carbocycles. The van der Waals surface area contributed by atoms with Gasteiger partial charge in [-0.25, -0.2) is 0 Å².